The largest absolute Gasteiger partial charge is 0.323 e. The van der Waals surface area contributed by atoms with Gasteiger partial charge in [-0.2, -0.15) is 0 Å². The molecule has 0 spiro atoms. The van der Waals surface area contributed by atoms with Crippen LogP contribution in [0.1, 0.15) is 5.56 Å². The Morgan fingerprint density at radius 3 is 2.71 bits per heavy atom. The smallest absolute Gasteiger partial charge is 0.306 e. The van der Waals surface area contributed by atoms with E-state index in [9.17, 15) is 4.79 Å². The topological polar surface area (TPSA) is 61.0 Å². The minimum atomic E-state index is -0.218. The van der Waals surface area contributed by atoms with Gasteiger partial charge in [0.05, 0.1) is 16.7 Å². The van der Waals surface area contributed by atoms with Crippen LogP contribution in [-0.2, 0) is 0 Å². The van der Waals surface area contributed by atoms with Crippen molar-refractivity contribution >= 4 is 40.6 Å². The maximum absolute atomic E-state index is 11.2. The lowest BCUT2D eigenvalue weighted by atomic mass is 10.2. The average Bonchev–Trinajstić information content (AvgIpc) is 2.84. The third kappa shape index (κ3) is 3.12. The highest BCUT2D eigenvalue weighted by molar-refractivity contribution is 6.32. The zero-order valence-corrected chi connectivity index (χ0v) is 11.8. The fraction of sp³-hybridized carbons (Fsp3) is 0. The van der Waals surface area contributed by atoms with Gasteiger partial charge in [0.25, 0.3) is 0 Å². The number of aromatic nitrogens is 2. The van der Waals surface area contributed by atoms with Crippen molar-refractivity contribution in [2.45, 2.75) is 0 Å². The third-order valence-corrected chi connectivity index (χ3v) is 3.33. The van der Waals surface area contributed by atoms with E-state index in [-0.39, 0.29) is 5.69 Å². The second kappa shape index (κ2) is 5.81. The molecule has 0 bridgehead atoms. The first-order valence-electron chi connectivity index (χ1n) is 6.40. The first-order valence-corrected chi connectivity index (χ1v) is 6.77. The Hall–Kier alpha value is -2.59. The predicted octanol–water partition coefficient (Wildman–Crippen LogP) is 3.93. The van der Waals surface area contributed by atoms with Crippen LogP contribution in [0.15, 0.2) is 58.3 Å². The first kappa shape index (κ1) is 13.4. The number of rotatable bonds is 3. The van der Waals surface area contributed by atoms with Crippen LogP contribution in [0, 0.1) is 0 Å². The number of aliphatic imine (C=N–C) groups is 1. The highest BCUT2D eigenvalue weighted by Gasteiger charge is 1.97. The van der Waals surface area contributed by atoms with E-state index in [1.165, 1.54) is 0 Å². The van der Waals surface area contributed by atoms with E-state index in [1.807, 2.05) is 54.6 Å². The minimum Gasteiger partial charge on any atom is -0.306 e. The van der Waals surface area contributed by atoms with E-state index in [0.29, 0.717) is 5.02 Å². The second-order valence-corrected chi connectivity index (χ2v) is 4.88. The molecular weight excluding hydrogens is 286 g/mol. The predicted molar refractivity (Wildman–Crippen MR) is 87.6 cm³/mol. The molecule has 4 nitrogen and oxygen atoms in total. The highest BCUT2D eigenvalue weighted by atomic mass is 35.5. The molecule has 0 atom stereocenters. The minimum absolute atomic E-state index is 0.218. The van der Waals surface area contributed by atoms with Gasteiger partial charge in [-0.25, -0.2) is 4.79 Å². The fourth-order valence-electron chi connectivity index (χ4n) is 1.99. The molecule has 104 valence electrons. The number of H-pyrrole nitrogens is 2. The summed E-state index contributed by atoms with van der Waals surface area (Å²) in [6.07, 6.45) is 5.41. The van der Waals surface area contributed by atoms with Crippen molar-refractivity contribution in [2.24, 2.45) is 4.99 Å². The lowest BCUT2D eigenvalue weighted by Crippen LogP contribution is -1.99. The van der Waals surface area contributed by atoms with Gasteiger partial charge in [-0.05, 0) is 35.9 Å². The Balaban J connectivity index is 1.78. The van der Waals surface area contributed by atoms with E-state index >= 15 is 0 Å². The number of benzene rings is 2. The molecule has 2 aromatic carbocycles. The van der Waals surface area contributed by atoms with Crippen molar-refractivity contribution in [3.63, 3.8) is 0 Å². The molecule has 1 aromatic heterocycles. The molecule has 3 rings (SSSR count). The molecule has 0 amide bonds. The molecule has 5 heteroatoms. The van der Waals surface area contributed by atoms with Crippen LogP contribution in [0.2, 0.25) is 5.02 Å². The quantitative estimate of drug-likeness (QED) is 0.707. The van der Waals surface area contributed by atoms with Crippen molar-refractivity contribution < 1.29 is 0 Å². The van der Waals surface area contributed by atoms with E-state index in [1.54, 1.807) is 6.21 Å². The number of nitrogens with zero attached hydrogens (tertiary/aromatic N) is 1. The standard InChI is InChI=1S/C16H12ClN3O/c17-13-6-2-1-4-11(13)5-3-9-18-12-7-8-14-15(10-12)20-16(21)19-14/h1-10H,(H2,19,20,21)/b5-3-,18-9?. The summed E-state index contributed by atoms with van der Waals surface area (Å²) >= 11 is 6.05. The highest BCUT2D eigenvalue weighted by Crippen LogP contribution is 2.18. The molecule has 1 heterocycles. The van der Waals surface area contributed by atoms with Gasteiger partial charge in [0.1, 0.15) is 0 Å². The van der Waals surface area contributed by atoms with Crippen molar-refractivity contribution in [1.29, 1.82) is 0 Å². The Morgan fingerprint density at radius 2 is 1.86 bits per heavy atom. The molecule has 0 radical (unpaired) electrons. The number of allylic oxidation sites excluding steroid dienone is 1. The van der Waals surface area contributed by atoms with Gasteiger partial charge in [-0.3, -0.25) is 4.99 Å². The SMILES string of the molecule is O=c1[nH]c2ccc(N=C/C=C\c3ccccc3Cl)cc2[nH]1. The summed E-state index contributed by atoms with van der Waals surface area (Å²) in [6.45, 7) is 0. The summed E-state index contributed by atoms with van der Waals surface area (Å²) in [4.78, 5) is 20.9. The number of nitrogens with one attached hydrogen (secondary N) is 2. The first-order chi connectivity index (χ1) is 10.2. The van der Waals surface area contributed by atoms with Crippen LogP contribution < -0.4 is 5.69 Å². The van der Waals surface area contributed by atoms with Crippen LogP contribution in [0.4, 0.5) is 5.69 Å². The number of fused-ring (bicyclic) bond motifs is 1. The van der Waals surface area contributed by atoms with Crippen molar-refractivity contribution in [1.82, 2.24) is 9.97 Å². The summed E-state index contributed by atoms with van der Waals surface area (Å²) in [5, 5.41) is 0.702. The molecule has 0 aliphatic rings. The Morgan fingerprint density at radius 1 is 1.05 bits per heavy atom. The number of imidazole rings is 1. The molecular formula is C16H12ClN3O. The number of halogens is 1. The summed E-state index contributed by atoms with van der Waals surface area (Å²) in [5.74, 6) is 0. The average molecular weight is 298 g/mol. The summed E-state index contributed by atoms with van der Waals surface area (Å²) in [7, 11) is 0. The molecule has 0 aliphatic heterocycles. The van der Waals surface area contributed by atoms with Crippen LogP contribution in [0.5, 0.6) is 0 Å². The molecule has 0 saturated carbocycles. The van der Waals surface area contributed by atoms with Gasteiger partial charge >= 0.3 is 5.69 Å². The van der Waals surface area contributed by atoms with E-state index in [0.717, 1.165) is 22.3 Å². The molecule has 0 saturated heterocycles. The van der Waals surface area contributed by atoms with Gasteiger partial charge < -0.3 is 9.97 Å². The van der Waals surface area contributed by atoms with E-state index in [4.69, 9.17) is 11.6 Å². The Labute approximate surface area is 125 Å². The molecule has 2 N–H and O–H groups in total. The molecule has 0 fully saturated rings. The van der Waals surface area contributed by atoms with Crippen LogP contribution >= 0.6 is 11.6 Å². The normalized spacial score (nSPS) is 11.9. The van der Waals surface area contributed by atoms with Gasteiger partial charge in [0.15, 0.2) is 0 Å². The maximum Gasteiger partial charge on any atom is 0.323 e. The van der Waals surface area contributed by atoms with E-state index < -0.39 is 0 Å². The van der Waals surface area contributed by atoms with Crippen LogP contribution in [0.3, 0.4) is 0 Å². The zero-order valence-electron chi connectivity index (χ0n) is 11.0. The van der Waals surface area contributed by atoms with Crippen LogP contribution in [0.25, 0.3) is 17.1 Å². The molecule has 3 aromatic rings. The molecule has 0 unspecified atom stereocenters. The van der Waals surface area contributed by atoms with Gasteiger partial charge in [0.2, 0.25) is 0 Å². The Bertz CT molecular complexity index is 890. The van der Waals surface area contributed by atoms with Crippen molar-refractivity contribution in [3.05, 3.63) is 69.6 Å². The van der Waals surface area contributed by atoms with Gasteiger partial charge in [-0.1, -0.05) is 35.9 Å². The van der Waals surface area contributed by atoms with Crippen molar-refractivity contribution in [3.8, 4) is 0 Å². The lowest BCUT2D eigenvalue weighted by molar-refractivity contribution is 1.21. The molecule has 0 aliphatic carbocycles. The maximum atomic E-state index is 11.2. The van der Waals surface area contributed by atoms with E-state index in [2.05, 4.69) is 15.0 Å². The number of aromatic amines is 2. The summed E-state index contributed by atoms with van der Waals surface area (Å²) < 4.78 is 0. The van der Waals surface area contributed by atoms with Crippen molar-refractivity contribution in [2.75, 3.05) is 0 Å². The van der Waals surface area contributed by atoms with Gasteiger partial charge in [-0.15, -0.1) is 0 Å². The Kier molecular flexibility index (Phi) is 3.71. The summed E-state index contributed by atoms with van der Waals surface area (Å²) in [5.41, 5.74) is 3.00. The second-order valence-electron chi connectivity index (χ2n) is 4.47. The molecule has 21 heavy (non-hydrogen) atoms. The van der Waals surface area contributed by atoms with Crippen LogP contribution in [-0.4, -0.2) is 16.2 Å². The summed E-state index contributed by atoms with van der Waals surface area (Å²) in [6, 6.07) is 13.1. The van der Waals surface area contributed by atoms with Gasteiger partial charge in [0, 0.05) is 11.2 Å². The zero-order chi connectivity index (χ0) is 14.7. The third-order valence-electron chi connectivity index (χ3n) is 2.99. The number of hydrogen-bond donors (Lipinski definition) is 2. The monoisotopic (exact) mass is 297 g/mol. The fourth-order valence-corrected chi connectivity index (χ4v) is 2.19. The lowest BCUT2D eigenvalue weighted by Gasteiger charge is -1.95. The number of hydrogen-bond acceptors (Lipinski definition) is 2.